The van der Waals surface area contributed by atoms with Crippen LogP contribution in [-0.2, 0) is 4.12 Å². The van der Waals surface area contributed by atoms with Gasteiger partial charge in [0.15, 0.2) is 0 Å². The van der Waals surface area contributed by atoms with Crippen LogP contribution in [0.5, 0.6) is 23.0 Å². The van der Waals surface area contributed by atoms with Crippen molar-refractivity contribution in [2.24, 2.45) is 0 Å². The van der Waals surface area contributed by atoms with Gasteiger partial charge < -0.3 is 23.1 Å². The summed E-state index contributed by atoms with van der Waals surface area (Å²) in [5.74, 6) is 3.35. The molecule has 0 heterocycles. The van der Waals surface area contributed by atoms with Crippen molar-refractivity contribution in [2.75, 3.05) is 28.4 Å². The number of hydrogen-bond acceptors (Lipinski definition) is 5. The molecule has 0 aromatic heterocycles. The summed E-state index contributed by atoms with van der Waals surface area (Å²) in [6.07, 6.45) is 0. The molecule has 0 aliphatic carbocycles. The van der Waals surface area contributed by atoms with Gasteiger partial charge in [0, 0.05) is 20.7 Å². The lowest BCUT2D eigenvalue weighted by atomic mass is 10.2. The first-order chi connectivity index (χ1) is 18.9. The van der Waals surface area contributed by atoms with Crippen molar-refractivity contribution in [3.63, 3.8) is 0 Å². The fourth-order valence-corrected chi connectivity index (χ4v) is 11.2. The molecule has 0 spiro atoms. The minimum Gasteiger partial charge on any atom is -0.497 e. The van der Waals surface area contributed by atoms with Crippen molar-refractivity contribution in [3.8, 4) is 23.0 Å². The number of para-hydroxylation sites is 4. The Balaban J connectivity index is 2.04. The zero-order chi connectivity index (χ0) is 28.1. The highest BCUT2D eigenvalue weighted by atomic mass is 28.4. The maximum Gasteiger partial charge on any atom is 0.280 e. The molecule has 0 amide bonds. The van der Waals surface area contributed by atoms with Gasteiger partial charge in [-0.3, -0.25) is 0 Å². The van der Waals surface area contributed by atoms with Crippen molar-refractivity contribution in [1.29, 1.82) is 0 Å². The van der Waals surface area contributed by atoms with Crippen LogP contribution in [0.3, 0.4) is 0 Å². The fourth-order valence-electron chi connectivity index (χ4n) is 5.02. The van der Waals surface area contributed by atoms with E-state index in [0.29, 0.717) is 0 Å². The second-order valence-electron chi connectivity index (χ2n) is 9.38. The summed E-state index contributed by atoms with van der Waals surface area (Å²) in [7, 11) is 3.06. The number of benzene rings is 4. The first-order valence-electron chi connectivity index (χ1n) is 12.8. The zero-order valence-electron chi connectivity index (χ0n) is 24.0. The van der Waals surface area contributed by atoms with Gasteiger partial charge in [0.05, 0.1) is 28.4 Å². The van der Waals surface area contributed by atoms with Crippen molar-refractivity contribution >= 4 is 38.8 Å². The van der Waals surface area contributed by atoms with E-state index in [1.165, 1.54) is 0 Å². The summed E-state index contributed by atoms with van der Waals surface area (Å²) in [4.78, 5) is 0. The molecule has 0 unspecified atom stereocenters. The van der Waals surface area contributed by atoms with E-state index in [1.807, 2.05) is 0 Å². The van der Waals surface area contributed by atoms with E-state index in [1.54, 1.807) is 28.4 Å². The molecule has 0 saturated heterocycles. The molecule has 4 rings (SSSR count). The molecule has 202 valence electrons. The van der Waals surface area contributed by atoms with Gasteiger partial charge in [0.1, 0.15) is 23.0 Å². The fraction of sp³-hybridized carbons (Fsp3) is 0.250. The molecule has 0 aliphatic heterocycles. The molecule has 4 aromatic rings. The maximum atomic E-state index is 7.47. The monoisotopic (exact) mass is 556 g/mol. The summed E-state index contributed by atoms with van der Waals surface area (Å²) in [5.41, 5.74) is 4.23. The smallest absolute Gasteiger partial charge is 0.280 e. The molecule has 5 nitrogen and oxygen atoms in total. The highest BCUT2D eigenvalue weighted by Crippen LogP contribution is 2.23. The third-order valence-electron chi connectivity index (χ3n) is 6.85. The van der Waals surface area contributed by atoms with E-state index in [-0.39, 0.29) is 0 Å². The third kappa shape index (κ3) is 5.61. The predicted octanol–water partition coefficient (Wildman–Crippen LogP) is 3.88. The average molecular weight is 557 g/mol. The first kappa shape index (κ1) is 28.5. The molecular formula is C32H36O5Si2. The van der Waals surface area contributed by atoms with E-state index in [2.05, 4.69) is 100 Å². The standard InChI is InChI=1S/C32H36O5Si2/c1-21-13-9-17-25(29(21)33-5)38(26-18-10-14-22(2)30(26)34-6)37-39(27-19-11-15-23(3)31(27)35-7)28-20-12-16-24(4)32(28)36-8/h9-20H,1-8H3. The summed E-state index contributed by atoms with van der Waals surface area (Å²) in [6.45, 7) is 8.26. The summed E-state index contributed by atoms with van der Waals surface area (Å²) >= 11 is 0. The van der Waals surface area contributed by atoms with Gasteiger partial charge in [-0.2, -0.15) is 0 Å². The van der Waals surface area contributed by atoms with E-state index < -0.39 is 18.1 Å². The van der Waals surface area contributed by atoms with Crippen LogP contribution in [0.1, 0.15) is 22.3 Å². The minimum atomic E-state index is -1.91. The molecule has 7 heteroatoms. The van der Waals surface area contributed by atoms with Crippen molar-refractivity contribution in [3.05, 3.63) is 95.1 Å². The maximum absolute atomic E-state index is 7.47. The second-order valence-corrected chi connectivity index (χ2v) is 13.7. The topological polar surface area (TPSA) is 46.2 Å². The molecular weight excluding hydrogens is 521 g/mol. The minimum absolute atomic E-state index is 0.837. The summed E-state index contributed by atoms with van der Waals surface area (Å²) in [5, 5.41) is 4.14. The van der Waals surface area contributed by atoms with Crippen LogP contribution in [0.2, 0.25) is 0 Å². The van der Waals surface area contributed by atoms with Gasteiger partial charge in [-0.25, -0.2) is 0 Å². The molecule has 0 saturated carbocycles. The number of hydrogen-bond donors (Lipinski definition) is 0. The Kier molecular flexibility index (Phi) is 9.17. The van der Waals surface area contributed by atoms with E-state index >= 15 is 0 Å². The molecule has 2 radical (unpaired) electrons. The molecule has 0 N–H and O–H groups in total. The lowest BCUT2D eigenvalue weighted by molar-refractivity contribution is 0.410. The van der Waals surface area contributed by atoms with Crippen molar-refractivity contribution in [1.82, 2.24) is 0 Å². The number of methoxy groups -OCH3 is 4. The Morgan fingerprint density at radius 3 is 0.821 bits per heavy atom. The van der Waals surface area contributed by atoms with Crippen LogP contribution in [0.25, 0.3) is 0 Å². The quantitative estimate of drug-likeness (QED) is 0.278. The van der Waals surface area contributed by atoms with Gasteiger partial charge in [0.2, 0.25) is 0 Å². The highest BCUT2D eigenvalue weighted by molar-refractivity contribution is 6.93. The third-order valence-corrected chi connectivity index (χ3v) is 12.0. The van der Waals surface area contributed by atoms with E-state index in [0.717, 1.165) is 66.0 Å². The van der Waals surface area contributed by atoms with Gasteiger partial charge in [0.25, 0.3) is 18.1 Å². The first-order valence-corrected chi connectivity index (χ1v) is 15.7. The summed E-state index contributed by atoms with van der Waals surface area (Å²) < 4.78 is 31.3. The zero-order valence-corrected chi connectivity index (χ0v) is 26.0. The van der Waals surface area contributed by atoms with Crippen LogP contribution >= 0.6 is 0 Å². The van der Waals surface area contributed by atoms with E-state index in [4.69, 9.17) is 23.1 Å². The highest BCUT2D eigenvalue weighted by Gasteiger charge is 2.36. The number of aryl methyl sites for hydroxylation is 4. The molecule has 39 heavy (non-hydrogen) atoms. The Morgan fingerprint density at radius 2 is 0.615 bits per heavy atom. The van der Waals surface area contributed by atoms with Crippen LogP contribution in [0.4, 0.5) is 0 Å². The van der Waals surface area contributed by atoms with Crippen LogP contribution in [0, 0.1) is 27.7 Å². The molecule has 0 fully saturated rings. The van der Waals surface area contributed by atoms with Gasteiger partial charge in [-0.05, 0) is 49.9 Å². The van der Waals surface area contributed by atoms with Gasteiger partial charge in [-0.15, -0.1) is 0 Å². The SMILES string of the molecule is COc1c(C)cccc1[Si](O[Si](c1cccc(C)c1OC)c1cccc(C)c1OC)c1cccc(C)c1OC. The molecule has 0 bridgehead atoms. The Morgan fingerprint density at radius 1 is 0.385 bits per heavy atom. The van der Waals surface area contributed by atoms with Crippen LogP contribution < -0.4 is 39.7 Å². The molecule has 0 aliphatic rings. The van der Waals surface area contributed by atoms with Crippen LogP contribution in [0.15, 0.2) is 72.8 Å². The van der Waals surface area contributed by atoms with Gasteiger partial charge >= 0.3 is 0 Å². The normalized spacial score (nSPS) is 11.1. The summed E-state index contributed by atoms with van der Waals surface area (Å²) in [6, 6.07) is 25.0. The molecule has 4 aromatic carbocycles. The predicted molar refractivity (Wildman–Crippen MR) is 162 cm³/mol. The second kappa shape index (κ2) is 12.6. The van der Waals surface area contributed by atoms with Crippen molar-refractivity contribution in [2.45, 2.75) is 27.7 Å². The Hall–Kier alpha value is -3.53. The van der Waals surface area contributed by atoms with Crippen LogP contribution in [-0.4, -0.2) is 46.5 Å². The van der Waals surface area contributed by atoms with Crippen molar-refractivity contribution < 1.29 is 23.1 Å². The van der Waals surface area contributed by atoms with E-state index in [9.17, 15) is 0 Å². The Bertz CT molecular complexity index is 1240. The largest absolute Gasteiger partial charge is 0.497 e. The number of rotatable bonds is 10. The lowest BCUT2D eigenvalue weighted by Gasteiger charge is -2.28. The Labute approximate surface area is 235 Å². The van der Waals surface area contributed by atoms with Gasteiger partial charge in [-0.1, -0.05) is 72.8 Å². The lowest BCUT2D eigenvalue weighted by Crippen LogP contribution is -2.57. The average Bonchev–Trinajstić information content (AvgIpc) is 2.93. The number of ether oxygens (including phenoxy) is 4. The molecule has 0 atom stereocenters.